The van der Waals surface area contributed by atoms with Crippen molar-refractivity contribution < 1.29 is 17.9 Å². The fourth-order valence-corrected chi connectivity index (χ4v) is 6.07. The number of nitrogens with zero attached hydrogens (tertiary/aromatic N) is 4. The van der Waals surface area contributed by atoms with E-state index in [-0.39, 0.29) is 39.6 Å². The van der Waals surface area contributed by atoms with Crippen LogP contribution in [0.25, 0.3) is 0 Å². The van der Waals surface area contributed by atoms with Crippen LogP contribution >= 0.6 is 11.6 Å². The Labute approximate surface area is 252 Å². The van der Waals surface area contributed by atoms with Gasteiger partial charge in [0.25, 0.3) is 0 Å². The van der Waals surface area contributed by atoms with Gasteiger partial charge in [0.15, 0.2) is 5.82 Å². The summed E-state index contributed by atoms with van der Waals surface area (Å²) in [7, 11) is -1.93. The number of nitrogens with one attached hydrogen (secondary N) is 3. The van der Waals surface area contributed by atoms with Gasteiger partial charge in [-0.05, 0) is 43.5 Å². The molecule has 1 aromatic heterocycles. The SMILES string of the molecule is CCOc1cc(N2CCC(N(C)C(C)=O)C2)ccc1Nc1ncc(Cl)c(Nc2ccccc2S(=O)(=O)NCC(C)C)n1. The van der Waals surface area contributed by atoms with Crippen LogP contribution in [0.5, 0.6) is 5.75 Å². The summed E-state index contributed by atoms with van der Waals surface area (Å²) in [6, 6.07) is 12.6. The van der Waals surface area contributed by atoms with Crippen molar-refractivity contribution in [1.29, 1.82) is 0 Å². The van der Waals surface area contributed by atoms with Crippen LogP contribution in [0.4, 0.5) is 28.8 Å². The maximum Gasteiger partial charge on any atom is 0.242 e. The van der Waals surface area contributed by atoms with E-state index in [1.807, 2.05) is 46.0 Å². The average Bonchev–Trinajstić information content (AvgIpc) is 3.45. The number of rotatable bonds is 12. The number of amides is 1. The van der Waals surface area contributed by atoms with Gasteiger partial charge in [0.05, 0.1) is 30.2 Å². The molecule has 13 heteroatoms. The van der Waals surface area contributed by atoms with Gasteiger partial charge >= 0.3 is 0 Å². The van der Waals surface area contributed by atoms with Crippen molar-refractivity contribution in [3.05, 3.63) is 53.7 Å². The summed E-state index contributed by atoms with van der Waals surface area (Å²) in [5.74, 6) is 1.33. The van der Waals surface area contributed by atoms with E-state index in [9.17, 15) is 13.2 Å². The summed E-state index contributed by atoms with van der Waals surface area (Å²) >= 11 is 6.41. The summed E-state index contributed by atoms with van der Waals surface area (Å²) in [6.45, 7) is 9.71. The van der Waals surface area contributed by atoms with Crippen LogP contribution in [0.3, 0.4) is 0 Å². The zero-order chi connectivity index (χ0) is 30.4. The Hall–Kier alpha value is -3.61. The molecule has 2 heterocycles. The van der Waals surface area contributed by atoms with E-state index in [1.165, 1.54) is 12.3 Å². The monoisotopic (exact) mass is 615 g/mol. The number of para-hydroxylation sites is 1. The Morgan fingerprint density at radius 1 is 1.19 bits per heavy atom. The molecule has 11 nitrogen and oxygen atoms in total. The number of carbonyl (C=O) groups is 1. The standard InChI is InChI=1S/C29H38ClN7O4S/c1-6-41-26-15-21(37-14-13-22(18-37)36(5)20(4)38)11-12-24(26)34-29-31-17-23(30)28(35-29)33-25-9-7-8-10-27(25)42(39,40)32-16-19(2)3/h7-12,15,17,19,22,32H,6,13-14,16,18H2,1-5H3,(H2,31,33,34,35). The molecule has 0 aliphatic carbocycles. The lowest BCUT2D eigenvalue weighted by atomic mass is 10.2. The molecule has 1 saturated heterocycles. The summed E-state index contributed by atoms with van der Waals surface area (Å²) in [6.07, 6.45) is 2.34. The zero-order valence-electron chi connectivity index (χ0n) is 24.5. The fourth-order valence-electron chi connectivity index (χ4n) is 4.56. The molecule has 3 aromatic rings. The number of anilines is 5. The summed E-state index contributed by atoms with van der Waals surface area (Å²) in [5, 5.41) is 6.48. The topological polar surface area (TPSA) is 129 Å². The van der Waals surface area contributed by atoms with Gasteiger partial charge in [-0.2, -0.15) is 4.98 Å². The molecule has 1 amide bonds. The number of likely N-dealkylation sites (N-methyl/N-ethyl adjacent to an activating group) is 1. The highest BCUT2D eigenvalue weighted by atomic mass is 35.5. The Kier molecular flexibility index (Phi) is 10.1. The summed E-state index contributed by atoms with van der Waals surface area (Å²) in [5.41, 5.74) is 1.98. The first-order chi connectivity index (χ1) is 20.0. The van der Waals surface area contributed by atoms with Crippen molar-refractivity contribution in [2.45, 2.75) is 45.1 Å². The van der Waals surface area contributed by atoms with Gasteiger partial charge in [-0.15, -0.1) is 0 Å². The van der Waals surface area contributed by atoms with Gasteiger partial charge in [-0.3, -0.25) is 4.79 Å². The van der Waals surface area contributed by atoms with Crippen molar-refractivity contribution in [3.8, 4) is 5.75 Å². The van der Waals surface area contributed by atoms with Crippen molar-refractivity contribution in [3.63, 3.8) is 0 Å². The van der Waals surface area contributed by atoms with Gasteiger partial charge in [-0.1, -0.05) is 37.6 Å². The number of hydrogen-bond donors (Lipinski definition) is 3. The first-order valence-corrected chi connectivity index (χ1v) is 15.7. The predicted molar refractivity (Wildman–Crippen MR) is 167 cm³/mol. The molecule has 0 bridgehead atoms. The first-order valence-electron chi connectivity index (χ1n) is 13.9. The van der Waals surface area contributed by atoms with Crippen molar-refractivity contribution in [1.82, 2.24) is 19.6 Å². The predicted octanol–water partition coefficient (Wildman–Crippen LogP) is 5.01. The van der Waals surface area contributed by atoms with Crippen molar-refractivity contribution in [2.24, 2.45) is 5.92 Å². The Balaban J connectivity index is 1.55. The minimum absolute atomic E-state index is 0.0566. The molecular weight excluding hydrogens is 578 g/mol. The molecule has 4 rings (SSSR count). The number of sulfonamides is 1. The van der Waals surface area contributed by atoms with Crippen molar-refractivity contribution >= 4 is 56.4 Å². The number of carbonyl (C=O) groups excluding carboxylic acids is 1. The second-order valence-electron chi connectivity index (χ2n) is 10.5. The van der Waals surface area contributed by atoms with Crippen molar-refractivity contribution in [2.75, 3.05) is 48.8 Å². The van der Waals surface area contributed by atoms with E-state index in [1.54, 1.807) is 30.0 Å². The molecule has 0 saturated carbocycles. The number of ether oxygens (including phenoxy) is 1. The fraction of sp³-hybridized carbons (Fsp3) is 0.414. The van der Waals surface area contributed by atoms with Gasteiger partial charge < -0.3 is 25.2 Å². The van der Waals surface area contributed by atoms with Crippen LogP contribution in [-0.2, 0) is 14.8 Å². The largest absolute Gasteiger partial charge is 0.492 e. The summed E-state index contributed by atoms with van der Waals surface area (Å²) < 4.78 is 34.5. The lowest BCUT2D eigenvalue weighted by Gasteiger charge is -2.25. The van der Waals surface area contributed by atoms with Crippen LogP contribution in [0.2, 0.25) is 5.02 Å². The molecule has 1 fully saturated rings. The summed E-state index contributed by atoms with van der Waals surface area (Å²) in [4.78, 5) is 24.8. The van der Waals surface area contributed by atoms with Gasteiger partial charge in [0.2, 0.25) is 21.9 Å². The molecule has 1 unspecified atom stereocenters. The normalized spacial score (nSPS) is 15.1. The third-order valence-electron chi connectivity index (χ3n) is 6.94. The zero-order valence-corrected chi connectivity index (χ0v) is 26.1. The second kappa shape index (κ2) is 13.6. The van der Waals surface area contributed by atoms with E-state index in [0.29, 0.717) is 30.3 Å². The van der Waals surface area contributed by atoms with Crippen LogP contribution in [0.15, 0.2) is 53.6 Å². The molecule has 3 N–H and O–H groups in total. The highest BCUT2D eigenvalue weighted by Gasteiger charge is 2.28. The number of aromatic nitrogens is 2. The Morgan fingerprint density at radius 3 is 2.67 bits per heavy atom. The highest BCUT2D eigenvalue weighted by molar-refractivity contribution is 7.89. The van der Waals surface area contributed by atoms with Crippen LogP contribution < -0.4 is 25.0 Å². The van der Waals surface area contributed by atoms with E-state index in [4.69, 9.17) is 16.3 Å². The number of hydrogen-bond acceptors (Lipinski definition) is 9. The maximum absolute atomic E-state index is 13.0. The molecule has 42 heavy (non-hydrogen) atoms. The van der Waals surface area contributed by atoms with Gasteiger partial charge in [0.1, 0.15) is 15.7 Å². The Bertz CT molecular complexity index is 1520. The lowest BCUT2D eigenvalue weighted by Crippen LogP contribution is -2.37. The first kappa shape index (κ1) is 31.3. The molecule has 0 radical (unpaired) electrons. The Morgan fingerprint density at radius 2 is 1.95 bits per heavy atom. The minimum Gasteiger partial charge on any atom is -0.492 e. The molecule has 1 atom stereocenters. The smallest absolute Gasteiger partial charge is 0.242 e. The third-order valence-corrected chi connectivity index (χ3v) is 8.70. The lowest BCUT2D eigenvalue weighted by molar-refractivity contribution is -0.129. The maximum atomic E-state index is 13.0. The molecular formula is C29H38ClN7O4S. The number of benzene rings is 2. The van der Waals surface area contributed by atoms with Crippen LogP contribution in [0, 0.1) is 5.92 Å². The quantitative estimate of drug-likeness (QED) is 0.258. The van der Waals surface area contributed by atoms with E-state index in [0.717, 1.165) is 25.2 Å². The van der Waals surface area contributed by atoms with Gasteiger partial charge in [0, 0.05) is 45.4 Å². The molecule has 226 valence electrons. The van der Waals surface area contributed by atoms with Gasteiger partial charge in [-0.25, -0.2) is 18.1 Å². The number of halogens is 1. The van der Waals surface area contributed by atoms with E-state index < -0.39 is 10.0 Å². The highest BCUT2D eigenvalue weighted by Crippen LogP contribution is 2.35. The molecule has 2 aromatic carbocycles. The molecule has 1 aliphatic rings. The average molecular weight is 616 g/mol. The third kappa shape index (κ3) is 7.61. The van der Waals surface area contributed by atoms with Crippen LogP contribution in [0.1, 0.15) is 34.1 Å². The minimum atomic E-state index is -3.77. The molecule has 1 aliphatic heterocycles. The second-order valence-corrected chi connectivity index (χ2v) is 12.7. The molecule has 0 spiro atoms. The van der Waals surface area contributed by atoms with E-state index in [2.05, 4.69) is 30.2 Å². The van der Waals surface area contributed by atoms with Crippen LogP contribution in [-0.4, -0.2) is 68.5 Å². The van der Waals surface area contributed by atoms with E-state index >= 15 is 0 Å².